The molecule has 108 valence electrons. The monoisotopic (exact) mass is 301 g/mol. The van der Waals surface area contributed by atoms with Crippen molar-refractivity contribution < 1.29 is 9.90 Å². The van der Waals surface area contributed by atoms with Crippen LogP contribution in [0.4, 0.5) is 0 Å². The van der Waals surface area contributed by atoms with Crippen LogP contribution in [-0.2, 0) is 11.2 Å². The Morgan fingerprint density at radius 1 is 1.38 bits per heavy atom. The molecule has 3 aromatic rings. The van der Waals surface area contributed by atoms with Gasteiger partial charge in [0.25, 0.3) is 0 Å². The van der Waals surface area contributed by atoms with Crippen molar-refractivity contribution >= 4 is 22.2 Å². The Balaban J connectivity index is 1.66. The Morgan fingerprint density at radius 2 is 2.19 bits per heavy atom. The molecule has 0 aliphatic carbocycles. The van der Waals surface area contributed by atoms with Crippen LogP contribution in [-0.4, -0.2) is 27.0 Å². The van der Waals surface area contributed by atoms with Gasteiger partial charge >= 0.3 is 0 Å². The van der Waals surface area contributed by atoms with Crippen LogP contribution in [0.1, 0.15) is 17.3 Å². The van der Waals surface area contributed by atoms with Gasteiger partial charge in [0.2, 0.25) is 5.91 Å². The third kappa shape index (κ3) is 3.12. The number of imidazole rings is 1. The number of hydrogen-bond acceptors (Lipinski definition) is 4. The Morgan fingerprint density at radius 3 is 2.90 bits per heavy atom. The zero-order chi connectivity index (χ0) is 14.7. The van der Waals surface area contributed by atoms with E-state index < -0.39 is 0 Å². The molecular weight excluding hydrogens is 286 g/mol. The van der Waals surface area contributed by atoms with Crippen LogP contribution in [0.25, 0.3) is 4.96 Å². The van der Waals surface area contributed by atoms with Crippen molar-refractivity contribution in [2.45, 2.75) is 12.5 Å². The van der Waals surface area contributed by atoms with Crippen LogP contribution >= 0.6 is 11.3 Å². The summed E-state index contributed by atoms with van der Waals surface area (Å²) in [6.07, 6.45) is 3.97. The smallest absolute Gasteiger partial charge is 0.226 e. The molecule has 0 aliphatic heterocycles. The first-order valence-corrected chi connectivity index (χ1v) is 7.50. The van der Waals surface area contributed by atoms with Crippen LogP contribution in [0.3, 0.4) is 0 Å². The summed E-state index contributed by atoms with van der Waals surface area (Å²) in [4.78, 5) is 17.3. The highest BCUT2D eigenvalue weighted by Gasteiger charge is 2.15. The summed E-state index contributed by atoms with van der Waals surface area (Å²) in [6, 6.07) is 9.04. The number of aromatic nitrogens is 2. The quantitative estimate of drug-likeness (QED) is 0.755. The number of fused-ring (bicyclic) bond motifs is 1. The molecule has 6 heteroatoms. The molecule has 1 amide bonds. The zero-order valence-electron chi connectivity index (χ0n) is 11.3. The number of nitrogens with one attached hydrogen (secondary N) is 1. The average Bonchev–Trinajstić information content (AvgIpc) is 3.06. The summed E-state index contributed by atoms with van der Waals surface area (Å²) < 4.78 is 1.90. The number of nitrogens with zero attached hydrogens (tertiary/aromatic N) is 2. The second-order valence-electron chi connectivity index (χ2n) is 4.72. The highest BCUT2D eigenvalue weighted by atomic mass is 32.1. The molecule has 0 aliphatic rings. The molecule has 0 saturated carbocycles. The van der Waals surface area contributed by atoms with Crippen molar-refractivity contribution in [1.29, 1.82) is 0 Å². The number of thiazole rings is 1. The first-order valence-electron chi connectivity index (χ1n) is 6.62. The van der Waals surface area contributed by atoms with Crippen molar-refractivity contribution in [2.24, 2.45) is 0 Å². The van der Waals surface area contributed by atoms with E-state index in [-0.39, 0.29) is 25.0 Å². The van der Waals surface area contributed by atoms with Crippen molar-refractivity contribution in [3.05, 3.63) is 59.4 Å². The molecule has 0 unspecified atom stereocenters. The van der Waals surface area contributed by atoms with E-state index in [1.165, 1.54) is 11.3 Å². The van der Waals surface area contributed by atoms with Gasteiger partial charge in [0.15, 0.2) is 4.96 Å². The molecule has 2 aromatic heterocycles. The molecular formula is C15H15N3O2S. The van der Waals surface area contributed by atoms with Gasteiger partial charge in [-0.25, -0.2) is 4.98 Å². The third-order valence-electron chi connectivity index (χ3n) is 3.20. The van der Waals surface area contributed by atoms with Crippen LogP contribution < -0.4 is 5.32 Å². The lowest BCUT2D eigenvalue weighted by atomic mass is 10.1. The first kappa shape index (κ1) is 13.8. The van der Waals surface area contributed by atoms with E-state index in [1.807, 2.05) is 52.5 Å². The number of carbonyl (C=O) groups is 1. The molecule has 1 atom stereocenters. The van der Waals surface area contributed by atoms with Crippen LogP contribution in [0, 0.1) is 0 Å². The zero-order valence-corrected chi connectivity index (χ0v) is 12.1. The average molecular weight is 301 g/mol. The number of benzene rings is 1. The SMILES string of the molecule is O=C(Cc1cn2ccsc2n1)N[C@@H](CO)c1ccccc1. The molecule has 5 nitrogen and oxygen atoms in total. The van der Waals surface area contributed by atoms with Crippen molar-refractivity contribution in [2.75, 3.05) is 6.61 Å². The summed E-state index contributed by atoms with van der Waals surface area (Å²) in [5.41, 5.74) is 1.61. The molecule has 2 N–H and O–H groups in total. The number of aliphatic hydroxyl groups is 1. The van der Waals surface area contributed by atoms with E-state index in [1.54, 1.807) is 0 Å². The minimum atomic E-state index is -0.387. The highest BCUT2D eigenvalue weighted by molar-refractivity contribution is 7.15. The van der Waals surface area contributed by atoms with Gasteiger partial charge in [-0.15, -0.1) is 11.3 Å². The summed E-state index contributed by atoms with van der Waals surface area (Å²) in [6.45, 7) is -0.131. The molecule has 0 fully saturated rings. The molecule has 0 spiro atoms. The molecule has 21 heavy (non-hydrogen) atoms. The number of aliphatic hydroxyl groups excluding tert-OH is 1. The molecule has 3 rings (SSSR count). The van der Waals surface area contributed by atoms with Crippen LogP contribution in [0.15, 0.2) is 48.1 Å². The second kappa shape index (κ2) is 6.07. The van der Waals surface area contributed by atoms with Gasteiger partial charge in [-0.1, -0.05) is 30.3 Å². The first-order chi connectivity index (χ1) is 10.3. The van der Waals surface area contributed by atoms with Crippen LogP contribution in [0.5, 0.6) is 0 Å². The third-order valence-corrected chi connectivity index (χ3v) is 3.98. The molecule has 0 saturated heterocycles. The lowest BCUT2D eigenvalue weighted by Gasteiger charge is -2.16. The van der Waals surface area contributed by atoms with E-state index in [4.69, 9.17) is 0 Å². The van der Waals surface area contributed by atoms with Gasteiger partial charge in [-0.05, 0) is 5.56 Å². The number of hydrogen-bond donors (Lipinski definition) is 2. The van der Waals surface area contributed by atoms with Crippen molar-refractivity contribution in [3.63, 3.8) is 0 Å². The Hall–Kier alpha value is -2.18. The normalized spacial score (nSPS) is 12.4. The van der Waals surface area contributed by atoms with Gasteiger partial charge in [-0.2, -0.15) is 0 Å². The molecule has 0 radical (unpaired) electrons. The second-order valence-corrected chi connectivity index (χ2v) is 5.59. The fraction of sp³-hybridized carbons (Fsp3) is 0.200. The Labute approximate surface area is 125 Å². The lowest BCUT2D eigenvalue weighted by Crippen LogP contribution is -2.32. The van der Waals surface area contributed by atoms with E-state index in [0.717, 1.165) is 16.2 Å². The predicted molar refractivity (Wildman–Crippen MR) is 81.2 cm³/mol. The molecule has 0 bridgehead atoms. The number of carbonyl (C=O) groups excluding carboxylic acids is 1. The van der Waals surface area contributed by atoms with Gasteiger partial charge in [0.1, 0.15) is 0 Å². The topological polar surface area (TPSA) is 66.6 Å². The van der Waals surface area contributed by atoms with E-state index >= 15 is 0 Å². The predicted octanol–water partition coefficient (Wildman–Crippen LogP) is 1.79. The number of amides is 1. The largest absolute Gasteiger partial charge is 0.394 e. The maximum Gasteiger partial charge on any atom is 0.226 e. The van der Waals surface area contributed by atoms with Crippen LogP contribution in [0.2, 0.25) is 0 Å². The van der Waals surface area contributed by atoms with E-state index in [9.17, 15) is 9.90 Å². The molecule has 1 aromatic carbocycles. The standard InChI is InChI=1S/C15H15N3O2S/c19-10-13(11-4-2-1-3-5-11)17-14(20)8-12-9-18-6-7-21-15(18)16-12/h1-7,9,13,19H,8,10H2,(H,17,20)/t13-/m0/s1. The minimum absolute atomic E-state index is 0.131. The maximum atomic E-state index is 12.1. The number of rotatable bonds is 5. The summed E-state index contributed by atoms with van der Waals surface area (Å²) in [5, 5.41) is 14.2. The van der Waals surface area contributed by atoms with Crippen molar-refractivity contribution in [3.8, 4) is 0 Å². The van der Waals surface area contributed by atoms with Crippen molar-refractivity contribution in [1.82, 2.24) is 14.7 Å². The van der Waals surface area contributed by atoms with Gasteiger partial charge < -0.3 is 10.4 Å². The highest BCUT2D eigenvalue weighted by Crippen LogP contribution is 2.14. The maximum absolute atomic E-state index is 12.1. The lowest BCUT2D eigenvalue weighted by molar-refractivity contribution is -0.121. The fourth-order valence-corrected chi connectivity index (χ4v) is 2.91. The van der Waals surface area contributed by atoms with Gasteiger partial charge in [-0.3, -0.25) is 9.20 Å². The Bertz CT molecular complexity index is 707. The van der Waals surface area contributed by atoms with Gasteiger partial charge in [0, 0.05) is 17.8 Å². The minimum Gasteiger partial charge on any atom is -0.394 e. The van der Waals surface area contributed by atoms with Gasteiger partial charge in [0.05, 0.1) is 24.8 Å². The van der Waals surface area contributed by atoms with E-state index in [0.29, 0.717) is 0 Å². The summed E-state index contributed by atoms with van der Waals surface area (Å²) >= 11 is 1.53. The summed E-state index contributed by atoms with van der Waals surface area (Å²) in [7, 11) is 0. The van der Waals surface area contributed by atoms with E-state index in [2.05, 4.69) is 10.3 Å². The fourth-order valence-electron chi connectivity index (χ4n) is 2.19. The summed E-state index contributed by atoms with van der Waals surface area (Å²) in [5.74, 6) is -0.149. The Kier molecular flexibility index (Phi) is 3.98. The molecule has 2 heterocycles.